The van der Waals surface area contributed by atoms with Gasteiger partial charge < -0.3 is 19.0 Å². The number of fused-ring (bicyclic) bond motifs is 1. The second-order valence-electron chi connectivity index (χ2n) is 8.40. The molecule has 1 aliphatic heterocycles. The predicted octanol–water partition coefficient (Wildman–Crippen LogP) is 5.10. The molecular weight excluding hydrogens is 436 g/mol. The van der Waals surface area contributed by atoms with E-state index in [1.54, 1.807) is 28.4 Å². The van der Waals surface area contributed by atoms with E-state index in [-0.39, 0.29) is 36.2 Å². The van der Waals surface area contributed by atoms with Gasteiger partial charge in [-0.25, -0.2) is 0 Å². The second-order valence-corrected chi connectivity index (χ2v) is 9.40. The van der Waals surface area contributed by atoms with Gasteiger partial charge in [0.15, 0.2) is 5.76 Å². The first-order valence-corrected chi connectivity index (χ1v) is 12.3. The summed E-state index contributed by atoms with van der Waals surface area (Å²) in [6.45, 7) is 6.97. The van der Waals surface area contributed by atoms with Gasteiger partial charge in [0.25, 0.3) is 5.91 Å². The molecule has 2 amide bonds. The fourth-order valence-corrected chi connectivity index (χ4v) is 5.12. The minimum absolute atomic E-state index is 0.00880. The smallest absolute Gasteiger partial charge is 0.290 e. The van der Waals surface area contributed by atoms with E-state index < -0.39 is 0 Å². The van der Waals surface area contributed by atoms with Crippen LogP contribution < -0.4 is 4.74 Å². The largest absolute Gasteiger partial charge is 0.491 e. The molecule has 1 aromatic carbocycles. The fourth-order valence-electron chi connectivity index (χ4n) is 4.19. The van der Waals surface area contributed by atoms with Crippen LogP contribution >= 0.6 is 11.3 Å². The van der Waals surface area contributed by atoms with Crippen LogP contribution in [0.2, 0.25) is 0 Å². The van der Waals surface area contributed by atoms with E-state index in [4.69, 9.17) is 9.15 Å². The third-order valence-electron chi connectivity index (χ3n) is 6.33. The van der Waals surface area contributed by atoms with Crippen molar-refractivity contribution in [2.45, 2.75) is 45.7 Å². The average Bonchev–Trinajstić information content (AvgIpc) is 3.53. The number of rotatable bonds is 8. The van der Waals surface area contributed by atoms with E-state index in [0.717, 1.165) is 29.7 Å². The first kappa shape index (κ1) is 23.1. The summed E-state index contributed by atoms with van der Waals surface area (Å²) in [4.78, 5) is 31.4. The molecule has 0 aliphatic carbocycles. The Kier molecular flexibility index (Phi) is 7.18. The lowest BCUT2D eigenvalue weighted by atomic mass is 10.00. The third kappa shape index (κ3) is 4.98. The molecule has 1 aliphatic rings. The van der Waals surface area contributed by atoms with Crippen molar-refractivity contribution in [1.82, 2.24) is 9.80 Å². The van der Waals surface area contributed by atoms with E-state index in [9.17, 15) is 9.59 Å². The van der Waals surface area contributed by atoms with E-state index in [2.05, 4.69) is 11.4 Å². The normalized spacial score (nSPS) is 16.2. The predicted molar refractivity (Wildman–Crippen MR) is 129 cm³/mol. The maximum atomic E-state index is 13.6. The number of benzene rings is 1. The van der Waals surface area contributed by atoms with Gasteiger partial charge in [-0.05, 0) is 67.5 Å². The van der Waals surface area contributed by atoms with Crippen molar-refractivity contribution >= 4 is 23.2 Å². The summed E-state index contributed by atoms with van der Waals surface area (Å²) in [5.41, 5.74) is 2.20. The van der Waals surface area contributed by atoms with Crippen LogP contribution in [0.3, 0.4) is 0 Å². The molecular formula is C26H30N2O4S. The first-order valence-electron chi connectivity index (χ1n) is 11.4. The van der Waals surface area contributed by atoms with Crippen molar-refractivity contribution in [2.75, 3.05) is 19.7 Å². The highest BCUT2D eigenvalue weighted by atomic mass is 32.1. The van der Waals surface area contributed by atoms with Gasteiger partial charge in [0.05, 0.1) is 12.3 Å². The molecule has 33 heavy (non-hydrogen) atoms. The van der Waals surface area contributed by atoms with Crippen LogP contribution in [0.15, 0.2) is 58.5 Å². The molecule has 0 bridgehead atoms. The lowest BCUT2D eigenvalue weighted by molar-refractivity contribution is -0.136. The number of carbonyl (C=O) groups is 2. The summed E-state index contributed by atoms with van der Waals surface area (Å²) in [6, 6.07) is 13.0. The minimum Gasteiger partial charge on any atom is -0.491 e. The second kappa shape index (κ2) is 10.3. The Morgan fingerprint density at radius 3 is 2.79 bits per heavy atom. The SMILES string of the molecule is CC[C@@H](C)N(CC(=O)N1CCc2sccc2[C@H]1COc1ccccc1C)C(=O)c1ccco1. The van der Waals surface area contributed by atoms with Gasteiger partial charge >= 0.3 is 0 Å². The Balaban J connectivity index is 1.55. The molecule has 0 saturated carbocycles. The molecule has 0 radical (unpaired) electrons. The molecule has 174 valence electrons. The molecule has 2 aromatic heterocycles. The lowest BCUT2D eigenvalue weighted by Crippen LogP contribution is -2.49. The molecule has 4 rings (SSSR count). The molecule has 0 fully saturated rings. The molecule has 0 spiro atoms. The molecule has 3 heterocycles. The maximum Gasteiger partial charge on any atom is 0.290 e. The zero-order valence-electron chi connectivity index (χ0n) is 19.3. The Morgan fingerprint density at radius 2 is 2.06 bits per heavy atom. The zero-order valence-corrected chi connectivity index (χ0v) is 20.1. The standard InChI is InChI=1S/C26H30N2O4S/c1-4-19(3)28(26(30)23-10-7-14-31-23)16-25(29)27-13-11-24-20(12-15-33-24)21(27)17-32-22-9-6-5-8-18(22)2/h5-10,12,14-15,19,21H,4,11,13,16-17H2,1-3H3/t19-,21-/m1/s1. The average molecular weight is 467 g/mol. The number of nitrogens with zero attached hydrogens (tertiary/aromatic N) is 2. The van der Waals surface area contributed by atoms with Crippen molar-refractivity contribution in [1.29, 1.82) is 0 Å². The summed E-state index contributed by atoms with van der Waals surface area (Å²) < 4.78 is 11.5. The van der Waals surface area contributed by atoms with Crippen LogP contribution in [0.5, 0.6) is 5.75 Å². The van der Waals surface area contributed by atoms with Gasteiger partial charge in [-0.2, -0.15) is 0 Å². The molecule has 0 N–H and O–H groups in total. The molecule has 0 unspecified atom stereocenters. The van der Waals surface area contributed by atoms with Crippen molar-refractivity contribution < 1.29 is 18.7 Å². The van der Waals surface area contributed by atoms with E-state index in [0.29, 0.717) is 13.2 Å². The van der Waals surface area contributed by atoms with E-state index in [1.807, 2.05) is 49.9 Å². The molecule has 3 aromatic rings. The Bertz CT molecular complexity index is 1090. The topological polar surface area (TPSA) is 63.0 Å². The van der Waals surface area contributed by atoms with Gasteiger partial charge in [-0.3, -0.25) is 9.59 Å². The summed E-state index contributed by atoms with van der Waals surface area (Å²) in [5, 5.41) is 2.07. The number of aryl methyl sites for hydroxylation is 1. The molecule has 7 heteroatoms. The van der Waals surface area contributed by atoms with Gasteiger partial charge in [0, 0.05) is 17.5 Å². The highest BCUT2D eigenvalue weighted by Gasteiger charge is 2.34. The lowest BCUT2D eigenvalue weighted by Gasteiger charge is -2.38. The fraction of sp³-hybridized carbons (Fsp3) is 0.385. The van der Waals surface area contributed by atoms with Gasteiger partial charge in [0.1, 0.15) is 18.9 Å². The number of hydrogen-bond donors (Lipinski definition) is 0. The van der Waals surface area contributed by atoms with Crippen molar-refractivity contribution in [2.24, 2.45) is 0 Å². The molecule has 2 atom stereocenters. The van der Waals surface area contributed by atoms with Crippen molar-refractivity contribution in [3.8, 4) is 5.75 Å². The van der Waals surface area contributed by atoms with Crippen molar-refractivity contribution in [3.63, 3.8) is 0 Å². The van der Waals surface area contributed by atoms with E-state index in [1.165, 1.54) is 11.1 Å². The Morgan fingerprint density at radius 1 is 1.24 bits per heavy atom. The van der Waals surface area contributed by atoms with Crippen LogP contribution in [-0.2, 0) is 11.2 Å². The summed E-state index contributed by atoms with van der Waals surface area (Å²) in [5.74, 6) is 0.733. The summed E-state index contributed by atoms with van der Waals surface area (Å²) in [7, 11) is 0. The number of ether oxygens (including phenoxy) is 1. The monoisotopic (exact) mass is 466 g/mol. The number of carbonyl (C=O) groups excluding carboxylic acids is 2. The maximum absolute atomic E-state index is 13.6. The van der Waals surface area contributed by atoms with Crippen LogP contribution in [0.4, 0.5) is 0 Å². The number of amides is 2. The van der Waals surface area contributed by atoms with Gasteiger partial charge in [-0.1, -0.05) is 25.1 Å². The van der Waals surface area contributed by atoms with E-state index >= 15 is 0 Å². The first-order chi connectivity index (χ1) is 16.0. The Labute approximate surface area is 198 Å². The third-order valence-corrected chi connectivity index (χ3v) is 7.32. The minimum atomic E-state index is -0.261. The van der Waals surface area contributed by atoms with Crippen LogP contribution in [0, 0.1) is 6.92 Å². The molecule has 0 saturated heterocycles. The van der Waals surface area contributed by atoms with Gasteiger partial charge in [0.2, 0.25) is 5.91 Å². The number of para-hydroxylation sites is 1. The highest BCUT2D eigenvalue weighted by molar-refractivity contribution is 7.10. The summed E-state index contributed by atoms with van der Waals surface area (Å²) in [6.07, 6.45) is 3.04. The van der Waals surface area contributed by atoms with Crippen molar-refractivity contribution in [3.05, 3.63) is 75.9 Å². The number of furan rings is 1. The van der Waals surface area contributed by atoms with Crippen LogP contribution in [-0.4, -0.2) is 47.4 Å². The van der Waals surface area contributed by atoms with Crippen LogP contribution in [0.1, 0.15) is 52.9 Å². The number of hydrogen-bond acceptors (Lipinski definition) is 5. The van der Waals surface area contributed by atoms with Crippen LogP contribution in [0.25, 0.3) is 0 Å². The quantitative estimate of drug-likeness (QED) is 0.464. The Hall–Kier alpha value is -3.06. The zero-order chi connectivity index (χ0) is 23.4. The highest BCUT2D eigenvalue weighted by Crippen LogP contribution is 2.34. The number of thiophene rings is 1. The molecule has 6 nitrogen and oxygen atoms in total. The summed E-state index contributed by atoms with van der Waals surface area (Å²) >= 11 is 1.72. The van der Waals surface area contributed by atoms with Gasteiger partial charge in [-0.15, -0.1) is 11.3 Å².